The van der Waals surface area contributed by atoms with Crippen LogP contribution >= 0.6 is 11.3 Å². The topological polar surface area (TPSA) is 83.9 Å². The number of fused-ring (bicyclic) bond motifs is 1. The van der Waals surface area contributed by atoms with Gasteiger partial charge in [0.1, 0.15) is 11.3 Å². The van der Waals surface area contributed by atoms with E-state index in [0.717, 1.165) is 36.2 Å². The number of rotatable bonds is 3. The second kappa shape index (κ2) is 6.48. The molecule has 0 aliphatic carbocycles. The van der Waals surface area contributed by atoms with Crippen LogP contribution in [0.25, 0.3) is 11.0 Å². The summed E-state index contributed by atoms with van der Waals surface area (Å²) in [5, 5.41) is 11.0. The lowest BCUT2D eigenvalue weighted by atomic mass is 9.97. The van der Waals surface area contributed by atoms with Gasteiger partial charge in [0.25, 0.3) is 0 Å². The van der Waals surface area contributed by atoms with Crippen LogP contribution in [0.15, 0.2) is 36.0 Å². The predicted molar refractivity (Wildman–Crippen MR) is 93.0 cm³/mol. The molecule has 1 N–H and O–H groups in total. The SMILES string of the molecule is O=C(Nc1nncs1)C1CCCN(c2cnc3ccccc3n2)C1. The van der Waals surface area contributed by atoms with Crippen molar-refractivity contribution in [1.82, 2.24) is 20.2 Å². The Morgan fingerprint density at radius 1 is 1.29 bits per heavy atom. The molecule has 0 radical (unpaired) electrons. The summed E-state index contributed by atoms with van der Waals surface area (Å²) in [5.41, 5.74) is 3.35. The number of amides is 1. The Kier molecular flexibility index (Phi) is 4.04. The minimum absolute atomic E-state index is 0.00908. The quantitative estimate of drug-likeness (QED) is 0.788. The maximum Gasteiger partial charge on any atom is 0.231 e. The Morgan fingerprint density at radius 3 is 3.00 bits per heavy atom. The van der Waals surface area contributed by atoms with Crippen molar-refractivity contribution in [1.29, 1.82) is 0 Å². The third-order valence-corrected chi connectivity index (χ3v) is 4.75. The van der Waals surface area contributed by atoms with Crippen molar-refractivity contribution < 1.29 is 4.79 Å². The van der Waals surface area contributed by atoms with E-state index in [-0.39, 0.29) is 11.8 Å². The van der Waals surface area contributed by atoms with E-state index in [1.807, 2.05) is 24.3 Å². The van der Waals surface area contributed by atoms with E-state index in [0.29, 0.717) is 11.7 Å². The van der Waals surface area contributed by atoms with Gasteiger partial charge in [-0.15, -0.1) is 10.2 Å². The van der Waals surface area contributed by atoms with E-state index < -0.39 is 0 Å². The van der Waals surface area contributed by atoms with E-state index >= 15 is 0 Å². The number of anilines is 2. The maximum atomic E-state index is 12.4. The molecule has 0 bridgehead atoms. The average molecular weight is 340 g/mol. The number of carbonyl (C=O) groups is 1. The van der Waals surface area contributed by atoms with Crippen LogP contribution < -0.4 is 10.2 Å². The van der Waals surface area contributed by atoms with Crippen LogP contribution in [0.4, 0.5) is 10.9 Å². The van der Waals surface area contributed by atoms with Gasteiger partial charge in [-0.05, 0) is 25.0 Å². The number of nitrogens with zero attached hydrogens (tertiary/aromatic N) is 5. The van der Waals surface area contributed by atoms with Crippen molar-refractivity contribution in [2.45, 2.75) is 12.8 Å². The molecule has 1 amide bonds. The zero-order valence-electron chi connectivity index (χ0n) is 12.9. The number of piperidine rings is 1. The molecule has 1 atom stereocenters. The molecule has 2 aromatic heterocycles. The van der Waals surface area contributed by atoms with Gasteiger partial charge in [0.05, 0.1) is 23.1 Å². The first-order chi connectivity index (χ1) is 11.8. The third kappa shape index (κ3) is 3.05. The first-order valence-electron chi connectivity index (χ1n) is 7.83. The van der Waals surface area contributed by atoms with Gasteiger partial charge in [-0.25, -0.2) is 4.98 Å². The molecule has 4 rings (SSSR count). The van der Waals surface area contributed by atoms with Gasteiger partial charge < -0.3 is 10.2 Å². The van der Waals surface area contributed by atoms with Gasteiger partial charge >= 0.3 is 0 Å². The molecule has 7 nitrogen and oxygen atoms in total. The van der Waals surface area contributed by atoms with E-state index in [2.05, 4.69) is 30.4 Å². The van der Waals surface area contributed by atoms with Crippen molar-refractivity contribution in [3.05, 3.63) is 36.0 Å². The molecule has 1 unspecified atom stereocenters. The predicted octanol–water partition coefficient (Wildman–Crippen LogP) is 2.34. The fourth-order valence-corrected chi connectivity index (χ4v) is 3.38. The van der Waals surface area contributed by atoms with Crippen LogP contribution in [0.1, 0.15) is 12.8 Å². The first kappa shape index (κ1) is 14.9. The largest absolute Gasteiger partial charge is 0.355 e. The minimum atomic E-state index is -0.0871. The number of para-hydroxylation sites is 2. The lowest BCUT2D eigenvalue weighted by molar-refractivity contribution is -0.120. The van der Waals surface area contributed by atoms with Crippen molar-refractivity contribution in [3.63, 3.8) is 0 Å². The molecule has 0 spiro atoms. The molecule has 122 valence electrons. The summed E-state index contributed by atoms with van der Waals surface area (Å²) in [6, 6.07) is 7.80. The third-order valence-electron chi connectivity index (χ3n) is 4.14. The number of hydrogen-bond donors (Lipinski definition) is 1. The summed E-state index contributed by atoms with van der Waals surface area (Å²) in [6.07, 6.45) is 3.60. The van der Waals surface area contributed by atoms with E-state index in [4.69, 9.17) is 0 Å². The average Bonchev–Trinajstić information content (AvgIpc) is 3.14. The van der Waals surface area contributed by atoms with Crippen molar-refractivity contribution in [2.24, 2.45) is 5.92 Å². The minimum Gasteiger partial charge on any atom is -0.355 e. The molecule has 3 heterocycles. The number of carbonyl (C=O) groups excluding carboxylic acids is 1. The molecule has 3 aromatic rings. The van der Waals surface area contributed by atoms with Crippen LogP contribution in [-0.4, -0.2) is 39.2 Å². The van der Waals surface area contributed by atoms with Gasteiger partial charge in [-0.2, -0.15) is 0 Å². The first-order valence-corrected chi connectivity index (χ1v) is 8.71. The van der Waals surface area contributed by atoms with Crippen LogP contribution in [-0.2, 0) is 4.79 Å². The fraction of sp³-hybridized carbons (Fsp3) is 0.312. The fourth-order valence-electron chi connectivity index (χ4n) is 2.93. The van der Waals surface area contributed by atoms with Gasteiger partial charge in [0, 0.05) is 13.1 Å². The summed E-state index contributed by atoms with van der Waals surface area (Å²) in [5.74, 6) is 0.725. The summed E-state index contributed by atoms with van der Waals surface area (Å²) in [4.78, 5) is 23.7. The molecular formula is C16H16N6OS. The van der Waals surface area contributed by atoms with Gasteiger partial charge in [-0.1, -0.05) is 23.5 Å². The smallest absolute Gasteiger partial charge is 0.231 e. The second-order valence-corrected chi connectivity index (χ2v) is 6.57. The monoisotopic (exact) mass is 340 g/mol. The zero-order valence-corrected chi connectivity index (χ0v) is 13.7. The van der Waals surface area contributed by atoms with Crippen molar-refractivity contribution >= 4 is 39.2 Å². The lowest BCUT2D eigenvalue weighted by Gasteiger charge is -2.32. The van der Waals surface area contributed by atoms with Gasteiger partial charge in [0.2, 0.25) is 11.0 Å². The molecule has 1 fully saturated rings. The van der Waals surface area contributed by atoms with Crippen LogP contribution in [0.5, 0.6) is 0 Å². The Balaban J connectivity index is 1.50. The molecule has 8 heteroatoms. The Labute approximate surface area is 142 Å². The Morgan fingerprint density at radius 2 is 2.17 bits per heavy atom. The number of aromatic nitrogens is 4. The molecule has 24 heavy (non-hydrogen) atoms. The van der Waals surface area contributed by atoms with Gasteiger partial charge in [-0.3, -0.25) is 9.78 Å². The Hall–Kier alpha value is -2.61. The number of benzene rings is 1. The summed E-state index contributed by atoms with van der Waals surface area (Å²) >= 11 is 1.32. The highest BCUT2D eigenvalue weighted by Crippen LogP contribution is 2.24. The molecule has 1 aromatic carbocycles. The molecule has 0 saturated carbocycles. The van der Waals surface area contributed by atoms with Gasteiger partial charge in [0.15, 0.2) is 0 Å². The molecule has 1 aliphatic rings. The summed E-state index contributed by atoms with van der Waals surface area (Å²) < 4.78 is 0. The molecular weight excluding hydrogens is 324 g/mol. The zero-order chi connectivity index (χ0) is 16.4. The van der Waals surface area contributed by atoms with Crippen LogP contribution in [0, 0.1) is 5.92 Å². The maximum absolute atomic E-state index is 12.4. The molecule has 1 aliphatic heterocycles. The number of hydrogen-bond acceptors (Lipinski definition) is 7. The number of nitrogens with one attached hydrogen (secondary N) is 1. The normalized spacial score (nSPS) is 17.8. The van der Waals surface area contributed by atoms with Crippen LogP contribution in [0.2, 0.25) is 0 Å². The standard InChI is InChI=1S/C16H16N6OS/c23-15(20-16-21-18-10-24-16)11-4-3-7-22(9-11)14-8-17-12-5-1-2-6-13(12)19-14/h1-2,5-6,8,10-11H,3-4,7,9H2,(H,20,21,23). The second-order valence-electron chi connectivity index (χ2n) is 5.74. The summed E-state index contributed by atoms with van der Waals surface area (Å²) in [7, 11) is 0. The van der Waals surface area contributed by atoms with E-state index in [9.17, 15) is 4.79 Å². The Bertz CT molecular complexity index is 853. The molecule has 1 saturated heterocycles. The van der Waals surface area contributed by atoms with Crippen molar-refractivity contribution in [2.75, 3.05) is 23.3 Å². The van der Waals surface area contributed by atoms with E-state index in [1.54, 1.807) is 11.7 Å². The lowest BCUT2D eigenvalue weighted by Crippen LogP contribution is -2.41. The van der Waals surface area contributed by atoms with E-state index in [1.165, 1.54) is 11.3 Å². The highest BCUT2D eigenvalue weighted by atomic mass is 32.1. The summed E-state index contributed by atoms with van der Waals surface area (Å²) in [6.45, 7) is 1.52. The van der Waals surface area contributed by atoms with Crippen LogP contribution in [0.3, 0.4) is 0 Å². The van der Waals surface area contributed by atoms with Crippen molar-refractivity contribution in [3.8, 4) is 0 Å². The highest BCUT2D eigenvalue weighted by Gasteiger charge is 2.27. The highest BCUT2D eigenvalue weighted by molar-refractivity contribution is 7.13.